The van der Waals surface area contributed by atoms with Crippen LogP contribution in [0.3, 0.4) is 0 Å². The number of anilines is 2. The van der Waals surface area contributed by atoms with Gasteiger partial charge in [0, 0.05) is 29.4 Å². The van der Waals surface area contributed by atoms with Gasteiger partial charge in [-0.25, -0.2) is 4.98 Å². The second-order valence-electron chi connectivity index (χ2n) is 8.57. The van der Waals surface area contributed by atoms with E-state index in [2.05, 4.69) is 33.8 Å². The third-order valence-corrected chi connectivity index (χ3v) is 6.29. The predicted molar refractivity (Wildman–Crippen MR) is 144 cm³/mol. The third-order valence-electron chi connectivity index (χ3n) is 6.29. The van der Waals surface area contributed by atoms with Crippen LogP contribution in [-0.4, -0.2) is 23.0 Å². The Morgan fingerprint density at radius 3 is 2.34 bits per heavy atom. The lowest BCUT2D eigenvalue weighted by atomic mass is 10.1. The fourth-order valence-corrected chi connectivity index (χ4v) is 4.35. The molecular weight excluding hydrogens is 436 g/mol. The fraction of sp³-hybridized carbons (Fsp3) is 0.310. The van der Waals surface area contributed by atoms with E-state index in [1.807, 2.05) is 62.4 Å². The molecule has 0 spiro atoms. The Kier molecular flexibility index (Phi) is 8.03. The molecule has 1 fully saturated rings. The molecule has 182 valence electrons. The van der Waals surface area contributed by atoms with Crippen molar-refractivity contribution in [2.75, 3.05) is 17.7 Å². The number of nitrogens with one attached hydrogen (secondary N) is 3. The average Bonchev–Trinajstić information content (AvgIpc) is 3.60. The fourth-order valence-electron chi connectivity index (χ4n) is 4.35. The van der Waals surface area contributed by atoms with Gasteiger partial charge in [0.15, 0.2) is 0 Å². The Hall–Kier alpha value is -3.80. The van der Waals surface area contributed by atoms with Gasteiger partial charge in [0.1, 0.15) is 11.6 Å². The summed E-state index contributed by atoms with van der Waals surface area (Å²) >= 11 is 0. The normalized spacial score (nSPS) is 13.2. The minimum Gasteiger partial charge on any atom is -0.497 e. The number of H-pyrrole nitrogens is 1. The van der Waals surface area contributed by atoms with E-state index in [1.54, 1.807) is 7.11 Å². The van der Waals surface area contributed by atoms with Gasteiger partial charge in [-0.05, 0) is 73.0 Å². The van der Waals surface area contributed by atoms with Crippen LogP contribution >= 0.6 is 0 Å². The second-order valence-corrected chi connectivity index (χ2v) is 8.57. The molecule has 1 saturated carbocycles. The van der Waals surface area contributed by atoms with Crippen LogP contribution in [0.15, 0.2) is 66.7 Å². The quantitative estimate of drug-likeness (QED) is 0.271. The van der Waals surface area contributed by atoms with Crippen molar-refractivity contribution in [3.05, 3.63) is 72.3 Å². The lowest BCUT2D eigenvalue weighted by Gasteiger charge is -2.10. The third kappa shape index (κ3) is 6.01. The number of aromatic amines is 1. The van der Waals surface area contributed by atoms with E-state index in [1.165, 1.54) is 5.56 Å². The van der Waals surface area contributed by atoms with E-state index < -0.39 is 0 Å². The van der Waals surface area contributed by atoms with Gasteiger partial charge < -0.3 is 20.4 Å². The summed E-state index contributed by atoms with van der Waals surface area (Å²) in [5.74, 6) is 1.96. The highest BCUT2D eigenvalue weighted by molar-refractivity contribution is 5.93. The maximum atomic E-state index is 12.4. The number of benzene rings is 3. The van der Waals surface area contributed by atoms with Crippen LogP contribution in [0.2, 0.25) is 0 Å². The number of carbonyl (C=O) groups is 1. The van der Waals surface area contributed by atoms with Gasteiger partial charge in [0.2, 0.25) is 5.91 Å². The van der Waals surface area contributed by atoms with Crippen molar-refractivity contribution in [1.82, 2.24) is 9.97 Å². The van der Waals surface area contributed by atoms with Crippen molar-refractivity contribution in [3.63, 3.8) is 0 Å². The van der Waals surface area contributed by atoms with Crippen molar-refractivity contribution in [2.45, 2.75) is 46.1 Å². The van der Waals surface area contributed by atoms with Crippen LogP contribution in [0.1, 0.15) is 45.1 Å². The molecule has 0 unspecified atom stereocenters. The lowest BCUT2D eigenvalue weighted by Crippen LogP contribution is -2.20. The molecule has 3 aromatic carbocycles. The first-order chi connectivity index (χ1) is 17.2. The van der Waals surface area contributed by atoms with Crippen LogP contribution in [0.5, 0.6) is 5.75 Å². The molecule has 0 bridgehead atoms. The number of methoxy groups -OCH3 is 1. The molecular formula is C29H34N4O2. The zero-order chi connectivity index (χ0) is 24.6. The first kappa shape index (κ1) is 24.3. The van der Waals surface area contributed by atoms with Crippen molar-refractivity contribution in [1.29, 1.82) is 0 Å². The van der Waals surface area contributed by atoms with Crippen molar-refractivity contribution >= 4 is 28.3 Å². The number of amides is 1. The van der Waals surface area contributed by atoms with Gasteiger partial charge in [-0.15, -0.1) is 0 Å². The maximum Gasteiger partial charge on any atom is 0.227 e. The summed E-state index contributed by atoms with van der Waals surface area (Å²) < 4.78 is 5.21. The minimum atomic E-state index is 0.138. The topological polar surface area (TPSA) is 79.0 Å². The van der Waals surface area contributed by atoms with Gasteiger partial charge in [0.05, 0.1) is 18.1 Å². The standard InChI is InChI=1S/C27H28N4O2.C2H6/c1-33-23-13-6-18(7-14-23)17-28-22-12-15-24-25(16-22)31-26(30-24)19-8-10-21(11-9-19)29-27(32)20-4-2-3-5-20;1-2/h6-16,20,28H,2-5,17H2,1H3,(H,29,32)(H,30,31);1-2H3. The molecule has 0 radical (unpaired) electrons. The highest BCUT2D eigenvalue weighted by Gasteiger charge is 2.22. The molecule has 1 amide bonds. The van der Waals surface area contributed by atoms with Crippen molar-refractivity contribution < 1.29 is 9.53 Å². The van der Waals surface area contributed by atoms with E-state index in [9.17, 15) is 4.79 Å². The van der Waals surface area contributed by atoms with Gasteiger partial charge in [0.25, 0.3) is 0 Å². The zero-order valence-electron chi connectivity index (χ0n) is 20.7. The summed E-state index contributed by atoms with van der Waals surface area (Å²) in [6.45, 7) is 4.73. The van der Waals surface area contributed by atoms with Gasteiger partial charge in [-0.1, -0.05) is 38.8 Å². The summed E-state index contributed by atoms with van der Waals surface area (Å²) in [7, 11) is 1.67. The number of aromatic nitrogens is 2. The van der Waals surface area contributed by atoms with Gasteiger partial charge >= 0.3 is 0 Å². The van der Waals surface area contributed by atoms with Crippen molar-refractivity contribution in [3.8, 4) is 17.1 Å². The number of fused-ring (bicyclic) bond motifs is 1. The Morgan fingerprint density at radius 1 is 0.971 bits per heavy atom. The largest absolute Gasteiger partial charge is 0.497 e. The predicted octanol–water partition coefficient (Wildman–Crippen LogP) is 7.01. The maximum absolute atomic E-state index is 12.4. The van der Waals surface area contributed by atoms with Crippen molar-refractivity contribution in [2.24, 2.45) is 5.92 Å². The minimum absolute atomic E-state index is 0.138. The molecule has 1 aromatic heterocycles. The number of rotatable bonds is 7. The van der Waals surface area contributed by atoms with E-state index >= 15 is 0 Å². The smallest absolute Gasteiger partial charge is 0.227 e. The summed E-state index contributed by atoms with van der Waals surface area (Å²) in [4.78, 5) is 20.5. The molecule has 4 aromatic rings. The second kappa shape index (κ2) is 11.6. The van der Waals surface area contributed by atoms with Gasteiger partial charge in [-0.2, -0.15) is 0 Å². The Labute approximate surface area is 207 Å². The first-order valence-corrected chi connectivity index (χ1v) is 12.5. The van der Waals surface area contributed by atoms with Crippen LogP contribution in [0, 0.1) is 5.92 Å². The lowest BCUT2D eigenvalue weighted by molar-refractivity contribution is -0.119. The number of nitrogens with zero attached hydrogens (tertiary/aromatic N) is 1. The molecule has 0 atom stereocenters. The van der Waals surface area contributed by atoms with Gasteiger partial charge in [-0.3, -0.25) is 4.79 Å². The molecule has 0 saturated heterocycles. The van der Waals surface area contributed by atoms with E-state index in [0.717, 1.165) is 71.8 Å². The van der Waals surface area contributed by atoms with E-state index in [-0.39, 0.29) is 11.8 Å². The zero-order valence-corrected chi connectivity index (χ0v) is 20.7. The van der Waals surface area contributed by atoms with Crippen LogP contribution in [0.4, 0.5) is 11.4 Å². The summed E-state index contributed by atoms with van der Waals surface area (Å²) in [6, 6.07) is 22.0. The summed E-state index contributed by atoms with van der Waals surface area (Å²) in [5, 5.41) is 6.51. The molecule has 1 heterocycles. The molecule has 6 nitrogen and oxygen atoms in total. The van der Waals surface area contributed by atoms with Crippen LogP contribution < -0.4 is 15.4 Å². The molecule has 35 heavy (non-hydrogen) atoms. The first-order valence-electron chi connectivity index (χ1n) is 12.5. The number of hydrogen-bond donors (Lipinski definition) is 3. The van der Waals surface area contributed by atoms with Crippen LogP contribution in [0.25, 0.3) is 22.4 Å². The molecule has 5 rings (SSSR count). The molecule has 0 aliphatic heterocycles. The number of imidazole rings is 1. The van der Waals surface area contributed by atoms with Crippen LogP contribution in [-0.2, 0) is 11.3 Å². The Balaban J connectivity index is 0.00000141. The summed E-state index contributed by atoms with van der Waals surface area (Å²) in [6.07, 6.45) is 4.31. The molecule has 3 N–H and O–H groups in total. The Bertz CT molecular complexity index is 1240. The monoisotopic (exact) mass is 470 g/mol. The number of carbonyl (C=O) groups excluding carboxylic acids is 1. The number of hydrogen-bond acceptors (Lipinski definition) is 4. The Morgan fingerprint density at radius 2 is 1.66 bits per heavy atom. The highest BCUT2D eigenvalue weighted by Crippen LogP contribution is 2.27. The average molecular weight is 471 g/mol. The summed E-state index contributed by atoms with van der Waals surface area (Å²) in [5.41, 5.74) is 5.91. The highest BCUT2D eigenvalue weighted by atomic mass is 16.5. The van der Waals surface area contributed by atoms with E-state index in [4.69, 9.17) is 9.72 Å². The molecule has 1 aliphatic carbocycles. The molecule has 6 heteroatoms. The SMILES string of the molecule is CC.COc1ccc(CNc2ccc3nc(-c4ccc(NC(=O)C5CCCC5)cc4)[nH]c3c2)cc1. The van der Waals surface area contributed by atoms with E-state index in [0.29, 0.717) is 0 Å². The number of ether oxygens (including phenoxy) is 1. The molecule has 1 aliphatic rings.